The zero-order valence-corrected chi connectivity index (χ0v) is 15.1. The standard InChI is InChI=1S/C20H21NO6/c1-13(22)16-10-15(8-9-18(16)23)11-17(19(24)26-2)21-20(25)27-12-14-6-4-3-5-7-14/h3-10,17,23H,11-12H2,1-2H3,(H,21,25)/t17-/m0/s1. The predicted octanol–water partition coefficient (Wildman–Crippen LogP) is 2.61. The van der Waals surface area contributed by atoms with Gasteiger partial charge in [0.2, 0.25) is 0 Å². The number of ketones is 1. The highest BCUT2D eigenvalue weighted by Gasteiger charge is 2.23. The summed E-state index contributed by atoms with van der Waals surface area (Å²) in [6.45, 7) is 1.39. The van der Waals surface area contributed by atoms with Gasteiger partial charge in [-0.3, -0.25) is 4.79 Å². The third-order valence-corrected chi connectivity index (χ3v) is 3.87. The highest BCUT2D eigenvalue weighted by molar-refractivity contribution is 5.96. The van der Waals surface area contributed by atoms with Gasteiger partial charge in [0.1, 0.15) is 18.4 Å². The lowest BCUT2D eigenvalue weighted by Crippen LogP contribution is -2.43. The Labute approximate surface area is 156 Å². The van der Waals surface area contributed by atoms with Gasteiger partial charge in [-0.25, -0.2) is 9.59 Å². The van der Waals surface area contributed by atoms with Crippen molar-refractivity contribution in [3.8, 4) is 5.75 Å². The van der Waals surface area contributed by atoms with Crippen molar-refractivity contribution < 1.29 is 29.0 Å². The first kappa shape index (κ1) is 20.0. The van der Waals surface area contributed by atoms with Gasteiger partial charge in [0, 0.05) is 6.42 Å². The lowest BCUT2D eigenvalue weighted by molar-refractivity contribution is -0.143. The van der Waals surface area contributed by atoms with E-state index in [-0.39, 0.29) is 30.1 Å². The molecule has 0 aliphatic carbocycles. The van der Waals surface area contributed by atoms with E-state index < -0.39 is 18.1 Å². The number of methoxy groups -OCH3 is 1. The fraction of sp³-hybridized carbons (Fsp3) is 0.250. The van der Waals surface area contributed by atoms with E-state index in [1.165, 1.54) is 26.2 Å². The van der Waals surface area contributed by atoms with Crippen molar-refractivity contribution in [1.29, 1.82) is 0 Å². The molecule has 1 amide bonds. The minimum atomic E-state index is -0.998. The molecule has 27 heavy (non-hydrogen) atoms. The number of rotatable bonds is 7. The zero-order valence-electron chi connectivity index (χ0n) is 15.1. The molecule has 0 aromatic heterocycles. The van der Waals surface area contributed by atoms with Gasteiger partial charge in [0.05, 0.1) is 12.7 Å². The number of esters is 1. The van der Waals surface area contributed by atoms with Crippen LogP contribution in [0.15, 0.2) is 48.5 Å². The summed E-state index contributed by atoms with van der Waals surface area (Å²) >= 11 is 0. The van der Waals surface area contributed by atoms with E-state index in [4.69, 9.17) is 9.47 Å². The maximum atomic E-state index is 12.0. The van der Waals surface area contributed by atoms with Gasteiger partial charge in [0.15, 0.2) is 5.78 Å². The molecule has 0 heterocycles. The second-order valence-electron chi connectivity index (χ2n) is 5.89. The van der Waals surface area contributed by atoms with Crippen molar-refractivity contribution in [2.24, 2.45) is 0 Å². The quantitative estimate of drug-likeness (QED) is 0.573. The molecule has 0 aliphatic rings. The van der Waals surface area contributed by atoms with Gasteiger partial charge in [-0.15, -0.1) is 0 Å². The summed E-state index contributed by atoms with van der Waals surface area (Å²) in [5.41, 5.74) is 1.53. The first-order valence-electron chi connectivity index (χ1n) is 8.28. The third-order valence-electron chi connectivity index (χ3n) is 3.87. The fourth-order valence-corrected chi connectivity index (χ4v) is 2.47. The van der Waals surface area contributed by atoms with Crippen molar-refractivity contribution >= 4 is 17.8 Å². The van der Waals surface area contributed by atoms with Crippen LogP contribution in [-0.2, 0) is 27.3 Å². The minimum Gasteiger partial charge on any atom is -0.507 e. The van der Waals surface area contributed by atoms with E-state index in [2.05, 4.69) is 5.32 Å². The molecule has 142 valence electrons. The second kappa shape index (κ2) is 9.38. The minimum absolute atomic E-state index is 0.0638. The SMILES string of the molecule is COC(=O)[C@H](Cc1ccc(O)c(C(C)=O)c1)NC(=O)OCc1ccccc1. The van der Waals surface area contributed by atoms with Crippen molar-refractivity contribution in [3.63, 3.8) is 0 Å². The van der Waals surface area contributed by atoms with Crippen molar-refractivity contribution in [1.82, 2.24) is 5.32 Å². The number of phenolic OH excluding ortho intramolecular Hbond substituents is 1. The molecule has 0 saturated carbocycles. The number of phenols is 1. The van der Waals surface area contributed by atoms with E-state index in [9.17, 15) is 19.5 Å². The molecular weight excluding hydrogens is 350 g/mol. The number of carbonyl (C=O) groups is 3. The van der Waals surface area contributed by atoms with Crippen LogP contribution in [0.4, 0.5) is 4.79 Å². The normalized spacial score (nSPS) is 11.3. The van der Waals surface area contributed by atoms with Crippen LogP contribution in [-0.4, -0.2) is 36.1 Å². The molecule has 7 nitrogen and oxygen atoms in total. The summed E-state index contributed by atoms with van der Waals surface area (Å²) in [7, 11) is 1.21. The lowest BCUT2D eigenvalue weighted by Gasteiger charge is -2.17. The Bertz CT molecular complexity index is 818. The van der Waals surface area contributed by atoms with Gasteiger partial charge in [-0.2, -0.15) is 0 Å². The third kappa shape index (κ3) is 5.85. The number of Topliss-reactive ketones (excluding diaryl/α,β-unsaturated/α-hetero) is 1. The summed E-state index contributed by atoms with van der Waals surface area (Å²) in [6, 6.07) is 12.5. The van der Waals surface area contributed by atoms with E-state index in [1.807, 2.05) is 30.3 Å². The number of hydrogen-bond donors (Lipinski definition) is 2. The maximum absolute atomic E-state index is 12.0. The maximum Gasteiger partial charge on any atom is 0.408 e. The van der Waals surface area contributed by atoms with Crippen LogP contribution in [0.25, 0.3) is 0 Å². The summed E-state index contributed by atoms with van der Waals surface area (Å²) in [6.07, 6.45) is -0.687. The van der Waals surface area contributed by atoms with Crippen LogP contribution in [0, 0.1) is 0 Å². The number of amides is 1. The largest absolute Gasteiger partial charge is 0.507 e. The zero-order chi connectivity index (χ0) is 19.8. The average Bonchev–Trinajstić information content (AvgIpc) is 2.67. The molecule has 2 aromatic rings. The number of alkyl carbamates (subject to hydrolysis) is 1. The molecule has 0 unspecified atom stereocenters. The lowest BCUT2D eigenvalue weighted by atomic mass is 10.0. The van der Waals surface area contributed by atoms with Crippen LogP contribution in [0.5, 0.6) is 5.75 Å². The summed E-state index contributed by atoms with van der Waals surface area (Å²) < 4.78 is 9.84. The smallest absolute Gasteiger partial charge is 0.408 e. The topological polar surface area (TPSA) is 102 Å². The Morgan fingerprint density at radius 3 is 2.41 bits per heavy atom. The number of ether oxygens (including phenoxy) is 2. The molecule has 2 rings (SSSR count). The first-order chi connectivity index (χ1) is 12.9. The molecule has 0 spiro atoms. The van der Waals surface area contributed by atoms with Gasteiger partial charge in [-0.05, 0) is 30.2 Å². The van der Waals surface area contributed by atoms with Gasteiger partial charge in [-0.1, -0.05) is 36.4 Å². The number of hydrogen-bond acceptors (Lipinski definition) is 6. The van der Waals surface area contributed by atoms with Gasteiger partial charge >= 0.3 is 12.1 Å². The molecule has 0 saturated heterocycles. The first-order valence-corrected chi connectivity index (χ1v) is 8.28. The molecule has 0 radical (unpaired) electrons. The number of nitrogens with one attached hydrogen (secondary N) is 1. The number of benzene rings is 2. The summed E-state index contributed by atoms with van der Waals surface area (Å²) in [5, 5.41) is 12.2. The van der Waals surface area contributed by atoms with Crippen LogP contribution < -0.4 is 5.32 Å². The Morgan fingerprint density at radius 1 is 1.07 bits per heavy atom. The highest BCUT2D eigenvalue weighted by atomic mass is 16.6. The summed E-state index contributed by atoms with van der Waals surface area (Å²) in [5.74, 6) is -1.10. The Balaban J connectivity index is 2.04. The molecule has 0 aliphatic heterocycles. The van der Waals surface area contributed by atoms with Crippen molar-refractivity contribution in [3.05, 3.63) is 65.2 Å². The van der Waals surface area contributed by atoms with E-state index in [1.54, 1.807) is 6.07 Å². The molecule has 7 heteroatoms. The van der Waals surface area contributed by atoms with E-state index >= 15 is 0 Å². The predicted molar refractivity (Wildman–Crippen MR) is 97.4 cm³/mol. The van der Waals surface area contributed by atoms with E-state index in [0.29, 0.717) is 5.56 Å². The average molecular weight is 371 g/mol. The number of carbonyl (C=O) groups excluding carboxylic acids is 3. The highest BCUT2D eigenvalue weighted by Crippen LogP contribution is 2.20. The summed E-state index contributed by atoms with van der Waals surface area (Å²) in [4.78, 5) is 35.6. The van der Waals surface area contributed by atoms with Crippen LogP contribution in [0.1, 0.15) is 28.4 Å². The Morgan fingerprint density at radius 2 is 1.78 bits per heavy atom. The molecule has 0 fully saturated rings. The Kier molecular flexibility index (Phi) is 6.93. The van der Waals surface area contributed by atoms with Crippen molar-refractivity contribution in [2.45, 2.75) is 26.0 Å². The molecule has 0 bridgehead atoms. The van der Waals surface area contributed by atoms with Crippen LogP contribution in [0.3, 0.4) is 0 Å². The molecule has 1 atom stereocenters. The van der Waals surface area contributed by atoms with E-state index in [0.717, 1.165) is 5.56 Å². The van der Waals surface area contributed by atoms with Crippen molar-refractivity contribution in [2.75, 3.05) is 7.11 Å². The number of aromatic hydroxyl groups is 1. The van der Waals surface area contributed by atoms with Gasteiger partial charge < -0.3 is 19.9 Å². The molecular formula is C20H21NO6. The van der Waals surface area contributed by atoms with Crippen LogP contribution in [0.2, 0.25) is 0 Å². The Hall–Kier alpha value is -3.35. The monoisotopic (exact) mass is 371 g/mol. The molecule has 2 N–H and O–H groups in total. The van der Waals surface area contributed by atoms with Crippen LogP contribution >= 0.6 is 0 Å². The molecule has 2 aromatic carbocycles. The fourth-order valence-electron chi connectivity index (χ4n) is 2.47. The second-order valence-corrected chi connectivity index (χ2v) is 5.89. The van der Waals surface area contributed by atoms with Gasteiger partial charge in [0.25, 0.3) is 0 Å².